The zero-order valence-electron chi connectivity index (χ0n) is 10.4. The highest BCUT2D eigenvalue weighted by molar-refractivity contribution is 5.92. The molecule has 5 nitrogen and oxygen atoms in total. The molecule has 3 rings (SSSR count). The molecule has 1 saturated heterocycles. The van der Waals surface area contributed by atoms with E-state index >= 15 is 0 Å². The summed E-state index contributed by atoms with van der Waals surface area (Å²) in [5, 5.41) is 9.96. The van der Waals surface area contributed by atoms with Gasteiger partial charge in [-0.05, 0) is 37.7 Å². The number of hydrogen-bond acceptors (Lipinski definition) is 3. The Morgan fingerprint density at radius 2 is 2.39 bits per heavy atom. The van der Waals surface area contributed by atoms with E-state index in [1.165, 1.54) is 12.8 Å². The summed E-state index contributed by atoms with van der Waals surface area (Å²) in [6.45, 7) is 2.30. The quantitative estimate of drug-likeness (QED) is 0.848. The number of carbonyl (C=O) groups excluding carboxylic acids is 1. The Bertz CT molecular complexity index is 420. The van der Waals surface area contributed by atoms with Crippen LogP contribution in [0.2, 0.25) is 0 Å². The first kappa shape index (κ1) is 11.7. The molecule has 1 aromatic rings. The average molecular weight is 249 g/mol. The third-order valence-corrected chi connectivity index (χ3v) is 3.65. The number of rotatable bonds is 4. The lowest BCUT2D eigenvalue weighted by molar-refractivity contribution is 0.0535. The molecule has 1 saturated carbocycles. The summed E-state index contributed by atoms with van der Waals surface area (Å²) >= 11 is 0. The second kappa shape index (κ2) is 5.10. The van der Waals surface area contributed by atoms with Gasteiger partial charge in [-0.3, -0.25) is 9.89 Å². The topological polar surface area (TPSA) is 67.0 Å². The summed E-state index contributed by atoms with van der Waals surface area (Å²) in [5.74, 6) is 0.971. The normalized spacial score (nSPS) is 23.9. The lowest BCUT2D eigenvalue weighted by Gasteiger charge is -2.21. The van der Waals surface area contributed by atoms with Crippen LogP contribution in [0, 0.1) is 5.92 Å². The molecule has 2 N–H and O–H groups in total. The number of ether oxygens (including phenoxy) is 1. The molecule has 0 radical (unpaired) electrons. The molecule has 1 amide bonds. The standard InChI is InChI=1S/C13H19N3O2/c17-13(14-7-9-2-1-5-18-8-9)12-6-11(15-16-12)10-3-4-10/h6,9-10H,1-5,7-8H2,(H,14,17)(H,15,16)/t9-/m1/s1. The number of amides is 1. The van der Waals surface area contributed by atoms with Gasteiger partial charge in [-0.1, -0.05) is 0 Å². The first-order valence-corrected chi connectivity index (χ1v) is 6.74. The first-order valence-electron chi connectivity index (χ1n) is 6.74. The molecule has 2 heterocycles. The summed E-state index contributed by atoms with van der Waals surface area (Å²) in [4.78, 5) is 11.9. The molecule has 1 aliphatic heterocycles. The highest BCUT2D eigenvalue weighted by atomic mass is 16.5. The maximum absolute atomic E-state index is 11.9. The summed E-state index contributed by atoms with van der Waals surface area (Å²) in [7, 11) is 0. The Morgan fingerprint density at radius 3 is 3.11 bits per heavy atom. The maximum Gasteiger partial charge on any atom is 0.271 e. The largest absolute Gasteiger partial charge is 0.381 e. The van der Waals surface area contributed by atoms with Crippen LogP contribution in [0.15, 0.2) is 6.07 Å². The number of nitrogens with one attached hydrogen (secondary N) is 2. The molecule has 0 bridgehead atoms. The molecule has 1 atom stereocenters. The Labute approximate surface area is 106 Å². The number of H-pyrrole nitrogens is 1. The van der Waals surface area contributed by atoms with E-state index in [1.807, 2.05) is 6.07 Å². The third-order valence-electron chi connectivity index (χ3n) is 3.65. The number of nitrogens with zero attached hydrogens (tertiary/aromatic N) is 1. The summed E-state index contributed by atoms with van der Waals surface area (Å²) in [5.41, 5.74) is 1.61. The predicted octanol–water partition coefficient (Wildman–Crippen LogP) is 1.44. The summed E-state index contributed by atoms with van der Waals surface area (Å²) in [6.07, 6.45) is 4.65. The molecular formula is C13H19N3O2. The minimum atomic E-state index is -0.0799. The average Bonchev–Trinajstić information content (AvgIpc) is 3.15. The maximum atomic E-state index is 11.9. The number of aromatic nitrogens is 2. The van der Waals surface area contributed by atoms with Crippen molar-refractivity contribution in [3.8, 4) is 0 Å². The van der Waals surface area contributed by atoms with Crippen molar-refractivity contribution in [1.29, 1.82) is 0 Å². The molecule has 5 heteroatoms. The van der Waals surface area contributed by atoms with E-state index in [0.717, 1.165) is 31.7 Å². The van der Waals surface area contributed by atoms with E-state index in [1.54, 1.807) is 0 Å². The van der Waals surface area contributed by atoms with Crippen LogP contribution < -0.4 is 5.32 Å². The SMILES string of the molecule is O=C(NC[C@H]1CCCOC1)c1cc(C2CC2)[nH]n1. The van der Waals surface area contributed by atoms with Crippen LogP contribution in [0.25, 0.3) is 0 Å². The van der Waals surface area contributed by atoms with E-state index in [9.17, 15) is 4.79 Å². The van der Waals surface area contributed by atoms with Crippen LogP contribution in [0.4, 0.5) is 0 Å². The van der Waals surface area contributed by atoms with Crippen LogP contribution in [-0.4, -0.2) is 35.9 Å². The lowest BCUT2D eigenvalue weighted by Crippen LogP contribution is -2.33. The van der Waals surface area contributed by atoms with Gasteiger partial charge in [0.2, 0.25) is 0 Å². The molecule has 1 aliphatic carbocycles. The van der Waals surface area contributed by atoms with Gasteiger partial charge >= 0.3 is 0 Å². The van der Waals surface area contributed by atoms with Gasteiger partial charge in [0.05, 0.1) is 6.61 Å². The number of hydrogen-bond donors (Lipinski definition) is 2. The van der Waals surface area contributed by atoms with E-state index < -0.39 is 0 Å². The second-order valence-corrected chi connectivity index (χ2v) is 5.28. The molecular weight excluding hydrogens is 230 g/mol. The van der Waals surface area contributed by atoms with E-state index in [4.69, 9.17) is 4.74 Å². The fourth-order valence-corrected chi connectivity index (χ4v) is 2.35. The van der Waals surface area contributed by atoms with Crippen LogP contribution >= 0.6 is 0 Å². The van der Waals surface area contributed by atoms with Crippen LogP contribution in [0.1, 0.15) is 47.8 Å². The van der Waals surface area contributed by atoms with Crippen molar-refractivity contribution in [3.63, 3.8) is 0 Å². The summed E-state index contributed by atoms with van der Waals surface area (Å²) < 4.78 is 5.39. The van der Waals surface area contributed by atoms with Gasteiger partial charge in [-0.15, -0.1) is 0 Å². The van der Waals surface area contributed by atoms with Crippen molar-refractivity contribution >= 4 is 5.91 Å². The van der Waals surface area contributed by atoms with Crippen molar-refractivity contribution in [2.24, 2.45) is 5.92 Å². The van der Waals surface area contributed by atoms with Crippen LogP contribution in [-0.2, 0) is 4.74 Å². The second-order valence-electron chi connectivity index (χ2n) is 5.28. The van der Waals surface area contributed by atoms with Gasteiger partial charge < -0.3 is 10.1 Å². The zero-order valence-corrected chi connectivity index (χ0v) is 10.4. The monoisotopic (exact) mass is 249 g/mol. The number of carbonyl (C=O) groups is 1. The molecule has 18 heavy (non-hydrogen) atoms. The Hall–Kier alpha value is -1.36. The highest BCUT2D eigenvalue weighted by Gasteiger charge is 2.26. The van der Waals surface area contributed by atoms with Crippen molar-refractivity contribution in [1.82, 2.24) is 15.5 Å². The van der Waals surface area contributed by atoms with Crippen molar-refractivity contribution < 1.29 is 9.53 Å². The first-order chi connectivity index (χ1) is 8.83. The third kappa shape index (κ3) is 2.72. The molecule has 0 unspecified atom stereocenters. The highest BCUT2D eigenvalue weighted by Crippen LogP contribution is 2.38. The zero-order chi connectivity index (χ0) is 12.4. The van der Waals surface area contributed by atoms with Crippen molar-refractivity contribution in [2.75, 3.05) is 19.8 Å². The Balaban J connectivity index is 1.50. The minimum absolute atomic E-state index is 0.0799. The summed E-state index contributed by atoms with van der Waals surface area (Å²) in [6, 6.07) is 1.88. The Morgan fingerprint density at radius 1 is 1.50 bits per heavy atom. The van der Waals surface area contributed by atoms with Gasteiger partial charge in [0.25, 0.3) is 5.91 Å². The van der Waals surface area contributed by atoms with Gasteiger partial charge in [-0.25, -0.2) is 0 Å². The fourth-order valence-electron chi connectivity index (χ4n) is 2.35. The van der Waals surface area contributed by atoms with Crippen molar-refractivity contribution in [3.05, 3.63) is 17.5 Å². The predicted molar refractivity (Wildman–Crippen MR) is 66.4 cm³/mol. The van der Waals surface area contributed by atoms with E-state index in [2.05, 4.69) is 15.5 Å². The number of aromatic amines is 1. The van der Waals surface area contributed by atoms with Crippen LogP contribution in [0.5, 0.6) is 0 Å². The van der Waals surface area contributed by atoms with Gasteiger partial charge in [0, 0.05) is 24.8 Å². The Kier molecular flexibility index (Phi) is 3.32. The van der Waals surface area contributed by atoms with Crippen molar-refractivity contribution in [2.45, 2.75) is 31.6 Å². The molecule has 0 aromatic carbocycles. The fraction of sp³-hybridized carbons (Fsp3) is 0.692. The molecule has 2 aliphatic rings. The lowest BCUT2D eigenvalue weighted by atomic mass is 10.0. The minimum Gasteiger partial charge on any atom is -0.381 e. The van der Waals surface area contributed by atoms with Crippen LogP contribution in [0.3, 0.4) is 0 Å². The molecule has 98 valence electrons. The van der Waals surface area contributed by atoms with Gasteiger partial charge in [0.1, 0.15) is 5.69 Å². The molecule has 2 fully saturated rings. The molecule has 0 spiro atoms. The molecule has 1 aromatic heterocycles. The van der Waals surface area contributed by atoms with E-state index in [0.29, 0.717) is 24.1 Å². The smallest absolute Gasteiger partial charge is 0.271 e. The van der Waals surface area contributed by atoms with E-state index in [-0.39, 0.29) is 5.91 Å². The van der Waals surface area contributed by atoms with Gasteiger partial charge in [0.15, 0.2) is 0 Å². The van der Waals surface area contributed by atoms with Gasteiger partial charge in [-0.2, -0.15) is 5.10 Å².